The largest absolute Gasteiger partial charge is 0.472 e. The molecule has 0 aliphatic carbocycles. The molecule has 8 nitrogen and oxygen atoms in total. The molecule has 1 amide bonds. The normalized spacial score (nSPS) is 14.7. The minimum atomic E-state index is -4.34. The molecule has 1 unspecified atom stereocenters. The lowest BCUT2D eigenvalue weighted by molar-refractivity contribution is -0.870. The molecule has 0 heterocycles. The topological polar surface area (TPSA) is 105 Å². The third kappa shape index (κ3) is 37.3. The Morgan fingerprint density at radius 2 is 1.06 bits per heavy atom. The van der Waals surface area contributed by atoms with Crippen LogP contribution in [0.15, 0.2) is 24.3 Å². The van der Waals surface area contributed by atoms with Crippen LogP contribution in [0.25, 0.3) is 0 Å². The predicted molar refractivity (Wildman–Crippen MR) is 221 cm³/mol. The number of phosphoric acid groups is 1. The molecule has 0 fully saturated rings. The maximum atomic E-state index is 12.8. The highest BCUT2D eigenvalue weighted by Crippen LogP contribution is 2.43. The zero-order valence-electron chi connectivity index (χ0n) is 34.8. The SMILES string of the molecule is CCCCCCCCC/C=C/CC/C=C/[C@@H](O)[C@H](COP(=O)(O)OCC[N+](C)(C)C)NC(=O)CCCCCCCCCCCCCCCCCCC. The Hall–Kier alpha value is -1.02. The van der Waals surface area contributed by atoms with Crippen molar-refractivity contribution in [1.82, 2.24) is 5.32 Å². The minimum absolute atomic E-state index is 0.0581. The average molecular weight is 758 g/mol. The summed E-state index contributed by atoms with van der Waals surface area (Å²) < 4.78 is 23.5. The second-order valence-electron chi connectivity index (χ2n) is 16.1. The van der Waals surface area contributed by atoms with Crippen molar-refractivity contribution >= 4 is 13.7 Å². The molecule has 0 radical (unpaired) electrons. The van der Waals surface area contributed by atoms with Crippen molar-refractivity contribution in [3.8, 4) is 0 Å². The summed E-state index contributed by atoms with van der Waals surface area (Å²) >= 11 is 0. The summed E-state index contributed by atoms with van der Waals surface area (Å²) in [6.07, 6.45) is 41.0. The fourth-order valence-corrected chi connectivity index (χ4v) is 6.91. The summed E-state index contributed by atoms with van der Waals surface area (Å²) in [6, 6.07) is -0.857. The number of aliphatic hydroxyl groups is 1. The molecule has 0 saturated heterocycles. The van der Waals surface area contributed by atoms with Gasteiger partial charge in [0.2, 0.25) is 5.91 Å². The second-order valence-corrected chi connectivity index (χ2v) is 17.5. The fourth-order valence-electron chi connectivity index (χ4n) is 6.17. The van der Waals surface area contributed by atoms with Crippen molar-refractivity contribution < 1.29 is 32.9 Å². The van der Waals surface area contributed by atoms with Gasteiger partial charge in [0.15, 0.2) is 0 Å². The van der Waals surface area contributed by atoms with E-state index in [1.54, 1.807) is 6.08 Å². The summed E-state index contributed by atoms with van der Waals surface area (Å²) in [5, 5.41) is 13.8. The van der Waals surface area contributed by atoms with E-state index in [4.69, 9.17) is 9.05 Å². The maximum Gasteiger partial charge on any atom is 0.472 e. The number of likely N-dealkylation sites (N-methyl/N-ethyl adjacent to an activating group) is 1. The van der Waals surface area contributed by atoms with Crippen molar-refractivity contribution in [2.24, 2.45) is 0 Å². The third-order valence-corrected chi connectivity index (χ3v) is 10.7. The van der Waals surface area contributed by atoms with Crippen molar-refractivity contribution in [2.45, 2.75) is 206 Å². The molecule has 3 N–H and O–H groups in total. The number of nitrogens with zero attached hydrogens (tertiary/aromatic N) is 1. The molecule has 0 aromatic carbocycles. The molecule has 0 bridgehead atoms. The van der Waals surface area contributed by atoms with E-state index in [0.717, 1.165) is 38.5 Å². The molecule has 0 aromatic rings. The Kier molecular flexibility index (Phi) is 35.0. The monoisotopic (exact) mass is 758 g/mol. The highest BCUT2D eigenvalue weighted by molar-refractivity contribution is 7.47. The van der Waals surface area contributed by atoms with Crippen LogP contribution in [0.4, 0.5) is 0 Å². The highest BCUT2D eigenvalue weighted by Gasteiger charge is 2.27. The van der Waals surface area contributed by atoms with Gasteiger partial charge in [0, 0.05) is 6.42 Å². The molecule has 52 heavy (non-hydrogen) atoms. The number of hydrogen-bond acceptors (Lipinski definition) is 5. The van der Waals surface area contributed by atoms with E-state index in [1.165, 1.54) is 135 Å². The molecular weight excluding hydrogens is 671 g/mol. The van der Waals surface area contributed by atoms with Crippen LogP contribution in [-0.2, 0) is 18.4 Å². The van der Waals surface area contributed by atoms with E-state index in [9.17, 15) is 19.4 Å². The van der Waals surface area contributed by atoms with Crippen LogP contribution in [0.5, 0.6) is 0 Å². The van der Waals surface area contributed by atoms with Gasteiger partial charge in [-0.1, -0.05) is 179 Å². The van der Waals surface area contributed by atoms with E-state index in [-0.39, 0.29) is 19.1 Å². The van der Waals surface area contributed by atoms with Crippen molar-refractivity contribution in [3.63, 3.8) is 0 Å². The van der Waals surface area contributed by atoms with Gasteiger partial charge in [-0.15, -0.1) is 0 Å². The molecule has 0 aliphatic rings. The number of hydrogen-bond donors (Lipinski definition) is 3. The van der Waals surface area contributed by atoms with Crippen molar-refractivity contribution in [1.29, 1.82) is 0 Å². The number of allylic oxidation sites excluding steroid dienone is 3. The first kappa shape index (κ1) is 51.0. The molecule has 0 aromatic heterocycles. The Bertz CT molecular complexity index is 907. The number of amides is 1. The first-order valence-corrected chi connectivity index (χ1v) is 23.2. The van der Waals surface area contributed by atoms with E-state index in [0.29, 0.717) is 17.4 Å². The minimum Gasteiger partial charge on any atom is -0.387 e. The first-order valence-electron chi connectivity index (χ1n) is 21.7. The molecule has 9 heteroatoms. The van der Waals surface area contributed by atoms with E-state index >= 15 is 0 Å². The number of carbonyl (C=O) groups excluding carboxylic acids is 1. The number of nitrogens with one attached hydrogen (secondary N) is 1. The number of unbranched alkanes of at least 4 members (excludes halogenated alkanes) is 24. The summed E-state index contributed by atoms with van der Waals surface area (Å²) in [5.41, 5.74) is 0. The standard InChI is InChI=1S/C43H85N2O6P/c1-6-8-10-12-14-16-18-20-21-22-23-25-27-29-31-33-35-37-43(47)44-41(40-51-52(48,49)50-39-38-45(3,4)5)42(46)36-34-32-30-28-26-24-19-17-15-13-11-9-7-2/h26,28,34,36,41-42,46H,6-25,27,29-33,35,37-40H2,1-5H3,(H-,44,47,48,49)/p+1/b28-26+,36-34+/t41-,42+/m0/s1. The van der Waals surface area contributed by atoms with Crippen molar-refractivity contribution in [3.05, 3.63) is 24.3 Å². The van der Waals surface area contributed by atoms with Gasteiger partial charge in [-0.2, -0.15) is 0 Å². The summed E-state index contributed by atoms with van der Waals surface area (Å²) in [6.45, 7) is 4.78. The van der Waals surface area contributed by atoms with Crippen LogP contribution >= 0.6 is 7.82 Å². The van der Waals surface area contributed by atoms with Crippen LogP contribution < -0.4 is 5.32 Å². The van der Waals surface area contributed by atoms with Gasteiger partial charge < -0.3 is 19.8 Å². The molecule has 0 spiro atoms. The Balaban J connectivity index is 4.44. The Labute approximate surface area is 322 Å². The van der Waals surface area contributed by atoms with Gasteiger partial charge in [-0.25, -0.2) is 4.57 Å². The van der Waals surface area contributed by atoms with E-state index in [1.807, 2.05) is 27.2 Å². The smallest absolute Gasteiger partial charge is 0.387 e. The van der Waals surface area contributed by atoms with Crippen LogP contribution in [0, 0.1) is 0 Å². The lowest BCUT2D eigenvalue weighted by Gasteiger charge is -2.25. The molecular formula is C43H86N2O6P+. The molecule has 3 atom stereocenters. The molecule has 0 aliphatic heterocycles. The second kappa shape index (κ2) is 35.7. The van der Waals surface area contributed by atoms with Gasteiger partial charge in [-0.3, -0.25) is 13.8 Å². The number of rotatable bonds is 39. The number of phosphoric ester groups is 1. The van der Waals surface area contributed by atoms with Gasteiger partial charge in [0.05, 0.1) is 39.9 Å². The van der Waals surface area contributed by atoms with Crippen LogP contribution in [-0.4, -0.2) is 73.4 Å². The highest BCUT2D eigenvalue weighted by atomic mass is 31.2. The van der Waals surface area contributed by atoms with E-state index in [2.05, 4.69) is 31.3 Å². The number of quaternary nitrogens is 1. The third-order valence-electron chi connectivity index (χ3n) is 9.67. The molecule has 0 rings (SSSR count). The lowest BCUT2D eigenvalue weighted by Crippen LogP contribution is -2.45. The van der Waals surface area contributed by atoms with E-state index < -0.39 is 20.0 Å². The van der Waals surface area contributed by atoms with Crippen molar-refractivity contribution in [2.75, 3.05) is 40.9 Å². The number of aliphatic hydroxyl groups excluding tert-OH is 1. The quantitative estimate of drug-likeness (QED) is 0.0250. The maximum absolute atomic E-state index is 12.8. The van der Waals surface area contributed by atoms with Gasteiger partial charge >= 0.3 is 7.82 Å². The summed E-state index contributed by atoms with van der Waals surface area (Å²) in [5.74, 6) is -0.186. The molecule has 0 saturated carbocycles. The van der Waals surface area contributed by atoms with Crippen LogP contribution in [0.1, 0.15) is 194 Å². The Morgan fingerprint density at radius 3 is 1.54 bits per heavy atom. The Morgan fingerprint density at radius 1 is 0.635 bits per heavy atom. The first-order chi connectivity index (χ1) is 25.0. The summed E-state index contributed by atoms with van der Waals surface area (Å²) in [7, 11) is 1.56. The molecule has 308 valence electrons. The fraction of sp³-hybridized carbons (Fsp3) is 0.884. The lowest BCUT2D eigenvalue weighted by atomic mass is 10.0. The zero-order valence-corrected chi connectivity index (χ0v) is 35.7. The predicted octanol–water partition coefficient (Wildman–Crippen LogP) is 11.7. The van der Waals surface area contributed by atoms with Gasteiger partial charge in [0.1, 0.15) is 13.2 Å². The number of carbonyl (C=O) groups is 1. The van der Waals surface area contributed by atoms with Crippen LogP contribution in [0.2, 0.25) is 0 Å². The van der Waals surface area contributed by atoms with Gasteiger partial charge in [0.25, 0.3) is 0 Å². The summed E-state index contributed by atoms with van der Waals surface area (Å²) in [4.78, 5) is 23.1. The van der Waals surface area contributed by atoms with Crippen LogP contribution in [0.3, 0.4) is 0 Å². The average Bonchev–Trinajstić information content (AvgIpc) is 3.09. The zero-order chi connectivity index (χ0) is 38.6. The van der Waals surface area contributed by atoms with Gasteiger partial charge in [-0.05, 0) is 32.1 Å².